The highest BCUT2D eigenvalue weighted by molar-refractivity contribution is 7.17. The van der Waals surface area contributed by atoms with Gasteiger partial charge < -0.3 is 15.0 Å². The van der Waals surface area contributed by atoms with Gasteiger partial charge in [-0.3, -0.25) is 0 Å². The molecule has 3 aromatic heterocycles. The van der Waals surface area contributed by atoms with Crippen LogP contribution < -0.4 is 10.1 Å². The van der Waals surface area contributed by atoms with Crippen molar-refractivity contribution in [2.24, 2.45) is 0 Å². The molecule has 1 N–H and O–H groups in total. The van der Waals surface area contributed by atoms with Crippen LogP contribution in [-0.4, -0.2) is 44.5 Å². The summed E-state index contributed by atoms with van der Waals surface area (Å²) in [6.07, 6.45) is 7.65. The van der Waals surface area contributed by atoms with E-state index in [9.17, 15) is 0 Å². The topological polar surface area (TPSA) is 63.2 Å². The Bertz CT molecular complexity index is 947. The molecule has 0 atom stereocenters. The monoisotopic (exact) mass is 417 g/mol. The number of fused-ring (bicyclic) bond motifs is 1. The number of nitrogens with zero attached hydrogens (tertiary/aromatic N) is 4. The quantitative estimate of drug-likeness (QED) is 0.613. The Morgan fingerprint density at radius 1 is 1.18 bits per heavy atom. The average Bonchev–Trinajstić information content (AvgIpc) is 3.44. The zero-order valence-electron chi connectivity index (χ0n) is 16.1. The van der Waals surface area contributed by atoms with Gasteiger partial charge in [0.05, 0.1) is 11.2 Å². The summed E-state index contributed by atoms with van der Waals surface area (Å²) in [7, 11) is 0. The van der Waals surface area contributed by atoms with E-state index in [4.69, 9.17) is 9.72 Å². The highest BCUT2D eigenvalue weighted by Crippen LogP contribution is 2.34. The molecule has 150 valence electrons. The molecule has 0 spiro atoms. The van der Waals surface area contributed by atoms with Crippen molar-refractivity contribution in [1.29, 1.82) is 0 Å². The molecular weight excluding hydrogens is 390 g/mol. The number of aromatic nitrogens is 3. The smallest absolute Gasteiger partial charge is 0.236 e. The number of nitrogens with one attached hydrogen (secondary N) is 1. The number of thiophene rings is 1. The summed E-state index contributed by atoms with van der Waals surface area (Å²) in [6, 6.07) is 4.79. The lowest BCUT2D eigenvalue weighted by Gasteiger charge is -2.34. The van der Waals surface area contributed by atoms with Crippen LogP contribution in [0.5, 0.6) is 5.88 Å². The van der Waals surface area contributed by atoms with E-state index < -0.39 is 0 Å². The Kier molecular flexibility index (Phi) is 5.17. The second kappa shape index (κ2) is 7.93. The molecule has 1 saturated heterocycles. The number of anilines is 2. The fourth-order valence-electron chi connectivity index (χ4n) is 4.30. The van der Waals surface area contributed by atoms with Gasteiger partial charge in [0.25, 0.3) is 0 Å². The van der Waals surface area contributed by atoms with Crippen molar-refractivity contribution >= 4 is 44.0 Å². The summed E-state index contributed by atoms with van der Waals surface area (Å²) < 4.78 is 11.8. The number of aryl methyl sites for hydroxylation is 1. The summed E-state index contributed by atoms with van der Waals surface area (Å²) in [5.41, 5.74) is 1.93. The van der Waals surface area contributed by atoms with Crippen molar-refractivity contribution in [3.8, 4) is 5.88 Å². The first-order valence-electron chi connectivity index (χ1n) is 10.1. The molecule has 0 amide bonds. The molecule has 2 aliphatic rings. The Balaban J connectivity index is 0.00000205. The van der Waals surface area contributed by atoms with Gasteiger partial charge >= 0.3 is 0 Å². The van der Waals surface area contributed by atoms with Crippen LogP contribution in [0.1, 0.15) is 45.6 Å². The van der Waals surface area contributed by atoms with E-state index in [0.29, 0.717) is 11.8 Å². The minimum Gasteiger partial charge on any atom is -0.473 e. The zero-order valence-corrected chi connectivity index (χ0v) is 17.7. The number of hydrogen-bond acceptors (Lipinski definition) is 8. The summed E-state index contributed by atoms with van der Waals surface area (Å²) in [6.45, 7) is 4.55. The van der Waals surface area contributed by atoms with Crippen molar-refractivity contribution in [3.05, 3.63) is 23.2 Å². The first-order chi connectivity index (χ1) is 13.7. The summed E-state index contributed by atoms with van der Waals surface area (Å²) in [5, 5.41) is 6.28. The van der Waals surface area contributed by atoms with Crippen LogP contribution in [0.4, 0.5) is 10.9 Å². The van der Waals surface area contributed by atoms with E-state index in [-0.39, 0.29) is 7.53 Å². The molecule has 1 aliphatic carbocycles. The molecule has 8 heteroatoms. The maximum absolute atomic E-state index is 6.41. The number of hydrogen-bond donors (Lipinski definition) is 1. The highest BCUT2D eigenvalue weighted by atomic mass is 32.1. The number of ether oxygens (including phenoxy) is 1. The van der Waals surface area contributed by atoms with E-state index in [0.717, 1.165) is 39.8 Å². The Morgan fingerprint density at radius 2 is 2.00 bits per heavy atom. The van der Waals surface area contributed by atoms with Gasteiger partial charge in [-0.1, -0.05) is 0 Å². The van der Waals surface area contributed by atoms with Crippen molar-refractivity contribution in [2.45, 2.75) is 57.6 Å². The molecule has 0 aromatic carbocycles. The van der Waals surface area contributed by atoms with Crippen LogP contribution in [0.25, 0.3) is 10.2 Å². The third-order valence-corrected chi connectivity index (χ3v) is 7.40. The molecule has 3 aromatic rings. The molecule has 4 heterocycles. The van der Waals surface area contributed by atoms with Gasteiger partial charge in [-0.2, -0.15) is 9.36 Å². The van der Waals surface area contributed by atoms with Gasteiger partial charge in [0.2, 0.25) is 11.8 Å². The molecule has 0 radical (unpaired) electrons. The second-order valence-electron chi connectivity index (χ2n) is 7.74. The molecule has 5 rings (SSSR count). The van der Waals surface area contributed by atoms with Crippen LogP contribution in [0.2, 0.25) is 0 Å². The molecule has 28 heavy (non-hydrogen) atoms. The first kappa shape index (κ1) is 18.3. The van der Waals surface area contributed by atoms with Crippen LogP contribution in [0.3, 0.4) is 0 Å². The van der Waals surface area contributed by atoms with Gasteiger partial charge in [0, 0.05) is 7.47 Å². The minimum absolute atomic E-state index is 0. The standard InChI is InChI=1S/C20H25N5OS2.H2/c1-13-12-17(28-24-13)22-20-21-16-8-11-27-18(16)19(23-20)26-15-6-4-14(5-7-15)25-9-2-3-10-25;/h8,11-12,14-15H,2-7,9-10H2,1H3,(H,21,22,23);1H. The summed E-state index contributed by atoms with van der Waals surface area (Å²) in [4.78, 5) is 12.0. The largest absolute Gasteiger partial charge is 0.473 e. The van der Waals surface area contributed by atoms with Gasteiger partial charge in [-0.25, -0.2) is 4.98 Å². The lowest BCUT2D eigenvalue weighted by molar-refractivity contribution is 0.0981. The van der Waals surface area contributed by atoms with E-state index in [2.05, 4.69) is 25.0 Å². The molecule has 6 nitrogen and oxygen atoms in total. The summed E-state index contributed by atoms with van der Waals surface area (Å²) in [5.74, 6) is 1.30. The van der Waals surface area contributed by atoms with Crippen LogP contribution in [-0.2, 0) is 0 Å². The summed E-state index contributed by atoms with van der Waals surface area (Å²) >= 11 is 3.07. The molecule has 1 saturated carbocycles. The maximum atomic E-state index is 6.41. The third kappa shape index (κ3) is 3.86. The van der Waals surface area contributed by atoms with E-state index in [1.165, 1.54) is 50.3 Å². The Hall–Kier alpha value is -1.77. The van der Waals surface area contributed by atoms with Gasteiger partial charge in [-0.15, -0.1) is 11.3 Å². The number of likely N-dealkylation sites (tertiary alicyclic amines) is 1. The van der Waals surface area contributed by atoms with Gasteiger partial charge in [0.15, 0.2) is 0 Å². The average molecular weight is 418 g/mol. The molecule has 1 aliphatic heterocycles. The Morgan fingerprint density at radius 3 is 2.75 bits per heavy atom. The van der Waals surface area contributed by atoms with Gasteiger partial charge in [0.1, 0.15) is 15.8 Å². The van der Waals surface area contributed by atoms with E-state index in [1.54, 1.807) is 11.3 Å². The number of rotatable bonds is 5. The maximum Gasteiger partial charge on any atom is 0.236 e. The van der Waals surface area contributed by atoms with Crippen LogP contribution in [0, 0.1) is 6.92 Å². The molecule has 0 bridgehead atoms. The molecular formula is C20H27N5OS2. The molecule has 2 fully saturated rings. The van der Waals surface area contributed by atoms with Crippen molar-refractivity contribution in [2.75, 3.05) is 18.4 Å². The predicted molar refractivity (Wildman–Crippen MR) is 117 cm³/mol. The second-order valence-corrected chi connectivity index (χ2v) is 9.46. The van der Waals surface area contributed by atoms with Gasteiger partial charge in [-0.05, 0) is 87.6 Å². The fraction of sp³-hybridized carbons (Fsp3) is 0.550. The van der Waals surface area contributed by atoms with E-state index in [1.807, 2.05) is 19.1 Å². The Labute approximate surface area is 174 Å². The van der Waals surface area contributed by atoms with Crippen LogP contribution >= 0.6 is 22.9 Å². The van der Waals surface area contributed by atoms with Crippen molar-refractivity contribution in [3.63, 3.8) is 0 Å². The van der Waals surface area contributed by atoms with E-state index >= 15 is 0 Å². The highest BCUT2D eigenvalue weighted by Gasteiger charge is 2.29. The lowest BCUT2D eigenvalue weighted by Crippen LogP contribution is -2.38. The first-order valence-corrected chi connectivity index (χ1v) is 11.8. The normalized spacial score (nSPS) is 23.3. The third-order valence-electron chi connectivity index (χ3n) is 5.71. The predicted octanol–water partition coefficient (Wildman–Crippen LogP) is 5.23. The van der Waals surface area contributed by atoms with Crippen LogP contribution in [0.15, 0.2) is 17.5 Å². The van der Waals surface area contributed by atoms with Crippen molar-refractivity contribution < 1.29 is 6.16 Å². The lowest BCUT2D eigenvalue weighted by atomic mass is 9.92. The van der Waals surface area contributed by atoms with Crippen molar-refractivity contribution in [1.82, 2.24) is 19.2 Å². The fourth-order valence-corrected chi connectivity index (χ4v) is 5.72. The SMILES string of the molecule is Cc1cc(Nc2nc(OC3CCC(N4CCCC4)CC3)c3sccc3n2)sn1.[HH]. The minimum atomic E-state index is 0. The molecule has 0 unspecified atom stereocenters. The zero-order chi connectivity index (χ0) is 18.9.